The lowest BCUT2D eigenvalue weighted by molar-refractivity contribution is 0.0892. The van der Waals surface area contributed by atoms with Gasteiger partial charge in [0.1, 0.15) is 0 Å². The van der Waals surface area contributed by atoms with E-state index in [2.05, 4.69) is 33.2 Å². The van der Waals surface area contributed by atoms with Crippen molar-refractivity contribution in [3.63, 3.8) is 0 Å². The molecule has 1 aromatic carbocycles. The van der Waals surface area contributed by atoms with Gasteiger partial charge in [-0.2, -0.15) is 0 Å². The highest BCUT2D eigenvalue weighted by atomic mass is 127. The number of hydrogen-bond acceptors (Lipinski definition) is 3. The average Bonchev–Trinajstić information content (AvgIpc) is 2.86. The summed E-state index contributed by atoms with van der Waals surface area (Å²) in [6.07, 6.45) is 2.16. The van der Waals surface area contributed by atoms with Crippen molar-refractivity contribution in [1.29, 1.82) is 0 Å². The molecule has 0 radical (unpaired) electrons. The van der Waals surface area contributed by atoms with E-state index in [9.17, 15) is 4.79 Å². The number of carbonyl (C=O) groups is 1. The van der Waals surface area contributed by atoms with Gasteiger partial charge in [-0.1, -0.05) is 0 Å². The van der Waals surface area contributed by atoms with Crippen molar-refractivity contribution >= 4 is 28.5 Å². The van der Waals surface area contributed by atoms with Crippen molar-refractivity contribution in [1.82, 2.24) is 10.6 Å². The van der Waals surface area contributed by atoms with Crippen LogP contribution in [0.3, 0.4) is 0 Å². The highest BCUT2D eigenvalue weighted by Crippen LogP contribution is 2.19. The Morgan fingerprint density at radius 3 is 2.79 bits per heavy atom. The molecule has 0 bridgehead atoms. The number of benzene rings is 1. The van der Waals surface area contributed by atoms with E-state index in [-0.39, 0.29) is 11.4 Å². The molecular formula is C14H19IN2O2. The number of ether oxygens (including phenoxy) is 1. The Labute approximate surface area is 127 Å². The van der Waals surface area contributed by atoms with Crippen LogP contribution in [0.15, 0.2) is 24.3 Å². The molecule has 0 saturated carbocycles. The van der Waals surface area contributed by atoms with Crippen LogP contribution in [0.1, 0.15) is 23.2 Å². The van der Waals surface area contributed by atoms with E-state index in [0.29, 0.717) is 18.7 Å². The summed E-state index contributed by atoms with van der Waals surface area (Å²) in [5, 5.41) is 6.45. The second-order valence-corrected chi connectivity index (χ2v) is 6.18. The number of carbonyl (C=O) groups excluding carboxylic acids is 1. The Balaban J connectivity index is 1.93. The van der Waals surface area contributed by atoms with Gasteiger partial charge in [0.15, 0.2) is 0 Å². The van der Waals surface area contributed by atoms with Gasteiger partial charge in [0, 0.05) is 22.8 Å². The number of nitrogens with one attached hydrogen (secondary N) is 2. The average molecular weight is 374 g/mol. The molecule has 1 amide bonds. The standard InChI is InChI=1S/C14H19IN2O2/c1-19-10-14(7-2-8-17-14)9-16-13(18)11-3-5-12(15)6-4-11/h3-6,17H,2,7-10H2,1H3,(H,16,18). The van der Waals surface area contributed by atoms with Gasteiger partial charge in [0.2, 0.25) is 0 Å². The molecule has 2 N–H and O–H groups in total. The lowest BCUT2D eigenvalue weighted by atomic mass is 9.98. The third-order valence-corrected chi connectivity index (χ3v) is 4.17. The maximum atomic E-state index is 12.1. The smallest absolute Gasteiger partial charge is 0.251 e. The van der Waals surface area contributed by atoms with Gasteiger partial charge in [0.25, 0.3) is 5.91 Å². The zero-order chi connectivity index (χ0) is 13.7. The number of halogens is 1. The maximum Gasteiger partial charge on any atom is 0.251 e. The highest BCUT2D eigenvalue weighted by molar-refractivity contribution is 14.1. The van der Waals surface area contributed by atoms with Crippen molar-refractivity contribution in [3.8, 4) is 0 Å². The number of methoxy groups -OCH3 is 1. The molecule has 1 fully saturated rings. The summed E-state index contributed by atoms with van der Waals surface area (Å²) < 4.78 is 6.40. The number of amides is 1. The van der Waals surface area contributed by atoms with Crippen LogP contribution in [0.25, 0.3) is 0 Å². The van der Waals surface area contributed by atoms with Crippen LogP contribution in [-0.2, 0) is 4.74 Å². The molecule has 4 nitrogen and oxygen atoms in total. The second-order valence-electron chi connectivity index (χ2n) is 4.93. The molecule has 0 spiro atoms. The van der Waals surface area contributed by atoms with E-state index >= 15 is 0 Å². The fourth-order valence-corrected chi connectivity index (χ4v) is 2.78. The van der Waals surface area contributed by atoms with Gasteiger partial charge in [-0.3, -0.25) is 4.79 Å². The zero-order valence-corrected chi connectivity index (χ0v) is 13.2. The minimum Gasteiger partial charge on any atom is -0.383 e. The minimum absolute atomic E-state index is 0.0272. The number of rotatable bonds is 5. The zero-order valence-electron chi connectivity index (χ0n) is 11.0. The fourth-order valence-electron chi connectivity index (χ4n) is 2.42. The normalized spacial score (nSPS) is 22.4. The molecule has 1 atom stereocenters. The van der Waals surface area contributed by atoms with Gasteiger partial charge >= 0.3 is 0 Å². The topological polar surface area (TPSA) is 50.4 Å². The molecule has 1 unspecified atom stereocenters. The van der Waals surface area contributed by atoms with E-state index in [1.54, 1.807) is 7.11 Å². The van der Waals surface area contributed by atoms with Gasteiger partial charge in [-0.25, -0.2) is 0 Å². The van der Waals surface area contributed by atoms with Gasteiger partial charge in [-0.05, 0) is 66.2 Å². The molecule has 19 heavy (non-hydrogen) atoms. The summed E-state index contributed by atoms with van der Waals surface area (Å²) in [6.45, 7) is 2.22. The van der Waals surface area contributed by atoms with Crippen molar-refractivity contribution in [2.45, 2.75) is 18.4 Å². The van der Waals surface area contributed by atoms with E-state index in [0.717, 1.165) is 23.0 Å². The molecule has 1 saturated heterocycles. The molecule has 0 aliphatic carbocycles. The molecule has 1 aromatic rings. The van der Waals surface area contributed by atoms with Crippen LogP contribution >= 0.6 is 22.6 Å². The van der Waals surface area contributed by atoms with E-state index < -0.39 is 0 Å². The molecule has 104 valence electrons. The van der Waals surface area contributed by atoms with E-state index in [4.69, 9.17) is 4.74 Å². The Kier molecular flexibility index (Phi) is 5.18. The summed E-state index contributed by atoms with van der Waals surface area (Å²) >= 11 is 2.23. The van der Waals surface area contributed by atoms with E-state index in [1.165, 1.54) is 0 Å². The first-order valence-electron chi connectivity index (χ1n) is 6.43. The van der Waals surface area contributed by atoms with Crippen LogP contribution in [0, 0.1) is 3.57 Å². The van der Waals surface area contributed by atoms with Crippen molar-refractivity contribution in [2.75, 3.05) is 26.8 Å². The first-order valence-corrected chi connectivity index (χ1v) is 7.51. The first-order chi connectivity index (χ1) is 9.15. The summed E-state index contributed by atoms with van der Waals surface area (Å²) in [7, 11) is 1.70. The summed E-state index contributed by atoms with van der Waals surface area (Å²) in [4.78, 5) is 12.1. The van der Waals surface area contributed by atoms with Crippen molar-refractivity contribution < 1.29 is 9.53 Å². The third kappa shape index (κ3) is 3.90. The maximum absolute atomic E-state index is 12.1. The predicted octanol–water partition coefficient (Wildman–Crippen LogP) is 1.79. The Morgan fingerprint density at radius 2 is 2.21 bits per heavy atom. The lowest BCUT2D eigenvalue weighted by Gasteiger charge is -2.28. The van der Waals surface area contributed by atoms with Gasteiger partial charge < -0.3 is 15.4 Å². The van der Waals surface area contributed by atoms with Crippen LogP contribution in [0.4, 0.5) is 0 Å². The lowest BCUT2D eigenvalue weighted by Crippen LogP contribution is -2.52. The first kappa shape index (κ1) is 14.7. The third-order valence-electron chi connectivity index (χ3n) is 3.45. The molecule has 1 aliphatic rings. The monoisotopic (exact) mass is 374 g/mol. The number of hydrogen-bond donors (Lipinski definition) is 2. The van der Waals surface area contributed by atoms with Crippen LogP contribution in [0.2, 0.25) is 0 Å². The minimum atomic E-state index is -0.104. The Morgan fingerprint density at radius 1 is 1.47 bits per heavy atom. The predicted molar refractivity (Wildman–Crippen MR) is 83.3 cm³/mol. The SMILES string of the molecule is COCC1(CNC(=O)c2ccc(I)cc2)CCCN1. The second kappa shape index (κ2) is 6.67. The van der Waals surface area contributed by atoms with Gasteiger partial charge in [-0.15, -0.1) is 0 Å². The van der Waals surface area contributed by atoms with Crippen LogP contribution in [-0.4, -0.2) is 38.3 Å². The fraction of sp³-hybridized carbons (Fsp3) is 0.500. The summed E-state index contributed by atoms with van der Waals surface area (Å²) in [5.41, 5.74) is 0.596. The molecule has 2 rings (SSSR count). The largest absolute Gasteiger partial charge is 0.383 e. The summed E-state index contributed by atoms with van der Waals surface area (Å²) in [6, 6.07) is 7.58. The highest BCUT2D eigenvalue weighted by Gasteiger charge is 2.33. The molecule has 1 heterocycles. The molecule has 5 heteroatoms. The Bertz CT molecular complexity index is 428. The van der Waals surface area contributed by atoms with Crippen LogP contribution < -0.4 is 10.6 Å². The molecule has 1 aliphatic heterocycles. The van der Waals surface area contributed by atoms with Crippen molar-refractivity contribution in [3.05, 3.63) is 33.4 Å². The molecular weight excluding hydrogens is 355 g/mol. The quantitative estimate of drug-likeness (QED) is 0.773. The van der Waals surface area contributed by atoms with Crippen LogP contribution in [0.5, 0.6) is 0 Å². The summed E-state index contributed by atoms with van der Waals surface area (Å²) in [5.74, 6) is -0.0272. The Hall–Kier alpha value is -0.660. The van der Waals surface area contributed by atoms with E-state index in [1.807, 2.05) is 24.3 Å². The van der Waals surface area contributed by atoms with Gasteiger partial charge in [0.05, 0.1) is 12.1 Å². The van der Waals surface area contributed by atoms with Crippen molar-refractivity contribution in [2.24, 2.45) is 0 Å². The molecule has 0 aromatic heterocycles.